The highest BCUT2D eigenvalue weighted by atomic mass is 35.5. The molecule has 0 N–H and O–H groups in total. The molecule has 3 saturated heterocycles. The Labute approximate surface area is 140 Å². The maximum Gasteiger partial charge on any atom is 0.254 e. The molecule has 0 spiro atoms. The number of benzene rings is 1. The molecule has 0 unspecified atom stereocenters. The lowest BCUT2D eigenvalue weighted by molar-refractivity contribution is -0.139. The molecular weight excluding hydrogens is 319 g/mol. The van der Waals surface area contributed by atoms with E-state index in [1.165, 1.54) is 18.2 Å². The standard InChI is InChI=1S/C17H20ClFN2O2/c1-2-7-21-13-5-3-12(17(21)23)9-20(10-13)16(22)11-4-6-14(18)15(19)8-11/h4,6,8,12-13H,2-3,5,7,9-10H2,1H3/t12-,13+/m1/s1. The Morgan fingerprint density at radius 3 is 2.83 bits per heavy atom. The number of hydrogen-bond donors (Lipinski definition) is 0. The number of rotatable bonds is 3. The number of amides is 2. The number of piperidine rings is 1. The van der Waals surface area contributed by atoms with E-state index in [9.17, 15) is 14.0 Å². The minimum absolute atomic E-state index is 0.00165. The first-order valence-corrected chi connectivity index (χ1v) is 8.44. The normalized spacial score (nSPS) is 24.0. The molecule has 0 aliphatic carbocycles. The zero-order valence-electron chi connectivity index (χ0n) is 13.1. The smallest absolute Gasteiger partial charge is 0.254 e. The van der Waals surface area contributed by atoms with E-state index in [0.29, 0.717) is 13.1 Å². The van der Waals surface area contributed by atoms with Crippen molar-refractivity contribution in [3.8, 4) is 0 Å². The summed E-state index contributed by atoms with van der Waals surface area (Å²) in [5, 5.41) is 0.00165. The molecule has 3 aliphatic heterocycles. The lowest BCUT2D eigenvalue weighted by Gasteiger charge is -2.35. The molecule has 4 rings (SSSR count). The summed E-state index contributed by atoms with van der Waals surface area (Å²) < 4.78 is 13.6. The Balaban J connectivity index is 1.82. The summed E-state index contributed by atoms with van der Waals surface area (Å²) >= 11 is 5.68. The zero-order valence-corrected chi connectivity index (χ0v) is 13.9. The Morgan fingerprint density at radius 1 is 1.35 bits per heavy atom. The van der Waals surface area contributed by atoms with Crippen LogP contribution in [-0.4, -0.2) is 47.3 Å². The molecular formula is C17H20ClFN2O2. The molecule has 2 atom stereocenters. The van der Waals surface area contributed by atoms with Crippen molar-refractivity contribution < 1.29 is 14.0 Å². The fourth-order valence-corrected chi connectivity index (χ4v) is 3.67. The number of halogens is 2. The highest BCUT2D eigenvalue weighted by Gasteiger charge is 2.41. The minimum atomic E-state index is -0.598. The third kappa shape index (κ3) is 3.07. The van der Waals surface area contributed by atoms with Gasteiger partial charge in [0.15, 0.2) is 0 Å². The van der Waals surface area contributed by atoms with Crippen LogP contribution < -0.4 is 0 Å². The molecule has 3 heterocycles. The molecule has 3 fully saturated rings. The second kappa shape index (κ2) is 6.48. The van der Waals surface area contributed by atoms with Crippen LogP contribution in [0.5, 0.6) is 0 Å². The largest absolute Gasteiger partial charge is 0.338 e. The third-order valence-electron chi connectivity index (χ3n) is 4.71. The van der Waals surface area contributed by atoms with Crippen molar-refractivity contribution in [3.05, 3.63) is 34.6 Å². The Morgan fingerprint density at radius 2 is 2.13 bits per heavy atom. The molecule has 6 heteroatoms. The fourth-order valence-electron chi connectivity index (χ4n) is 3.55. The highest BCUT2D eigenvalue weighted by Crippen LogP contribution is 2.30. The number of carbonyl (C=O) groups is 2. The van der Waals surface area contributed by atoms with Gasteiger partial charge in [0.05, 0.1) is 10.9 Å². The van der Waals surface area contributed by atoms with Crippen LogP contribution in [-0.2, 0) is 4.79 Å². The molecule has 124 valence electrons. The first-order chi connectivity index (χ1) is 11.0. The summed E-state index contributed by atoms with van der Waals surface area (Å²) in [5.74, 6) is -0.815. The van der Waals surface area contributed by atoms with Crippen molar-refractivity contribution in [1.82, 2.24) is 9.80 Å². The molecule has 0 saturated carbocycles. The summed E-state index contributed by atoms with van der Waals surface area (Å²) in [7, 11) is 0. The molecule has 0 aromatic heterocycles. The highest BCUT2D eigenvalue weighted by molar-refractivity contribution is 6.30. The van der Waals surface area contributed by atoms with Crippen LogP contribution in [0.4, 0.5) is 4.39 Å². The van der Waals surface area contributed by atoms with Crippen molar-refractivity contribution in [2.45, 2.75) is 32.2 Å². The number of nitrogens with zero attached hydrogens (tertiary/aromatic N) is 2. The van der Waals surface area contributed by atoms with Crippen LogP contribution in [0, 0.1) is 11.7 Å². The Bertz CT molecular complexity index is 637. The van der Waals surface area contributed by atoms with E-state index in [0.717, 1.165) is 25.8 Å². The van der Waals surface area contributed by atoms with E-state index < -0.39 is 5.82 Å². The summed E-state index contributed by atoms with van der Waals surface area (Å²) in [6.07, 6.45) is 2.66. The van der Waals surface area contributed by atoms with Crippen molar-refractivity contribution in [2.75, 3.05) is 19.6 Å². The topological polar surface area (TPSA) is 40.6 Å². The van der Waals surface area contributed by atoms with E-state index in [4.69, 9.17) is 11.6 Å². The van der Waals surface area contributed by atoms with E-state index in [-0.39, 0.29) is 34.4 Å². The number of fused-ring (bicyclic) bond motifs is 4. The van der Waals surface area contributed by atoms with Crippen LogP contribution in [0.1, 0.15) is 36.5 Å². The van der Waals surface area contributed by atoms with Gasteiger partial charge >= 0.3 is 0 Å². The number of hydrogen-bond acceptors (Lipinski definition) is 2. The first kappa shape index (κ1) is 16.2. The van der Waals surface area contributed by atoms with Crippen LogP contribution in [0.2, 0.25) is 5.02 Å². The quantitative estimate of drug-likeness (QED) is 0.850. The number of carbonyl (C=O) groups excluding carboxylic acids is 2. The molecule has 4 nitrogen and oxygen atoms in total. The van der Waals surface area contributed by atoms with Gasteiger partial charge in [-0.2, -0.15) is 0 Å². The molecule has 23 heavy (non-hydrogen) atoms. The van der Waals surface area contributed by atoms with E-state index >= 15 is 0 Å². The van der Waals surface area contributed by atoms with Gasteiger partial charge in [-0.1, -0.05) is 18.5 Å². The lowest BCUT2D eigenvalue weighted by atomic mass is 9.94. The summed E-state index contributed by atoms with van der Waals surface area (Å²) in [5.41, 5.74) is 0.280. The molecule has 3 aliphatic rings. The Hall–Kier alpha value is -1.62. The van der Waals surface area contributed by atoms with Gasteiger partial charge in [0.25, 0.3) is 5.91 Å². The van der Waals surface area contributed by atoms with Crippen molar-refractivity contribution in [3.63, 3.8) is 0 Å². The van der Waals surface area contributed by atoms with Gasteiger partial charge in [-0.3, -0.25) is 9.59 Å². The van der Waals surface area contributed by atoms with Crippen molar-refractivity contribution in [1.29, 1.82) is 0 Å². The second-order valence-electron chi connectivity index (χ2n) is 6.30. The van der Waals surface area contributed by atoms with E-state index in [1.54, 1.807) is 4.90 Å². The van der Waals surface area contributed by atoms with Crippen LogP contribution in [0.3, 0.4) is 0 Å². The maximum atomic E-state index is 13.6. The third-order valence-corrected chi connectivity index (χ3v) is 5.02. The zero-order chi connectivity index (χ0) is 16.6. The molecule has 1 aromatic carbocycles. The predicted molar refractivity (Wildman–Crippen MR) is 85.8 cm³/mol. The molecule has 2 amide bonds. The molecule has 0 radical (unpaired) electrons. The van der Waals surface area contributed by atoms with Crippen LogP contribution in [0.25, 0.3) is 0 Å². The SMILES string of the molecule is CCCN1C(=O)[C@@H]2CC[C@H]1CN(C(=O)c1ccc(Cl)c(F)c1)C2. The summed E-state index contributed by atoms with van der Waals surface area (Å²) in [6, 6.07) is 4.17. The van der Waals surface area contributed by atoms with Gasteiger partial charge in [0.1, 0.15) is 5.82 Å². The van der Waals surface area contributed by atoms with E-state index in [2.05, 4.69) is 0 Å². The van der Waals surface area contributed by atoms with Gasteiger partial charge in [-0.15, -0.1) is 0 Å². The maximum absolute atomic E-state index is 13.6. The summed E-state index contributed by atoms with van der Waals surface area (Å²) in [4.78, 5) is 28.8. The van der Waals surface area contributed by atoms with Gasteiger partial charge < -0.3 is 9.80 Å². The average molecular weight is 339 g/mol. The van der Waals surface area contributed by atoms with Gasteiger partial charge in [0.2, 0.25) is 5.91 Å². The molecule has 1 aromatic rings. The average Bonchev–Trinajstić information content (AvgIpc) is 2.82. The Kier molecular flexibility index (Phi) is 4.57. The van der Waals surface area contributed by atoms with Gasteiger partial charge in [-0.05, 0) is 37.5 Å². The lowest BCUT2D eigenvalue weighted by Crippen LogP contribution is -2.48. The van der Waals surface area contributed by atoms with Crippen molar-refractivity contribution >= 4 is 23.4 Å². The summed E-state index contributed by atoms with van der Waals surface area (Å²) in [6.45, 7) is 3.72. The second-order valence-corrected chi connectivity index (χ2v) is 6.71. The van der Waals surface area contributed by atoms with Gasteiger partial charge in [0, 0.05) is 31.2 Å². The minimum Gasteiger partial charge on any atom is -0.338 e. The van der Waals surface area contributed by atoms with E-state index in [1.807, 2.05) is 11.8 Å². The monoisotopic (exact) mass is 338 g/mol. The first-order valence-electron chi connectivity index (χ1n) is 8.06. The van der Waals surface area contributed by atoms with Crippen LogP contribution >= 0.6 is 11.6 Å². The van der Waals surface area contributed by atoms with Gasteiger partial charge in [-0.25, -0.2) is 4.39 Å². The van der Waals surface area contributed by atoms with Crippen LogP contribution in [0.15, 0.2) is 18.2 Å². The predicted octanol–water partition coefficient (Wildman–Crippen LogP) is 2.95. The van der Waals surface area contributed by atoms with Crippen molar-refractivity contribution in [2.24, 2.45) is 5.92 Å². The molecule has 2 bridgehead atoms. The fraction of sp³-hybridized carbons (Fsp3) is 0.529.